The molecule has 0 radical (unpaired) electrons. The zero-order valence-electron chi connectivity index (χ0n) is 13.8. The molecule has 4 nitrogen and oxygen atoms in total. The van der Waals surface area contributed by atoms with Crippen LogP contribution in [-0.2, 0) is 0 Å². The number of rotatable bonds is 4. The summed E-state index contributed by atoms with van der Waals surface area (Å²) < 4.78 is 0. The van der Waals surface area contributed by atoms with Crippen LogP contribution in [0.5, 0.6) is 0 Å². The fourth-order valence-electron chi connectivity index (χ4n) is 2.67. The van der Waals surface area contributed by atoms with E-state index in [0.29, 0.717) is 15.7 Å². The molecule has 1 N–H and O–H groups in total. The average molecular weight is 354 g/mol. The van der Waals surface area contributed by atoms with Gasteiger partial charge in [0.05, 0.1) is 17.0 Å². The number of nitrogens with one attached hydrogen (secondary N) is 1. The van der Waals surface area contributed by atoms with E-state index in [4.69, 9.17) is 4.98 Å². The quantitative estimate of drug-likeness (QED) is 0.549. The first-order valence-electron chi connectivity index (χ1n) is 8.09. The van der Waals surface area contributed by atoms with Gasteiger partial charge in [0.25, 0.3) is 0 Å². The summed E-state index contributed by atoms with van der Waals surface area (Å²) in [4.78, 5) is 12.5. The molecule has 0 saturated carbocycles. The van der Waals surface area contributed by atoms with E-state index in [0.717, 1.165) is 22.5 Å². The van der Waals surface area contributed by atoms with Gasteiger partial charge in [-0.15, -0.1) is 0 Å². The fourth-order valence-corrected chi connectivity index (χ4v) is 3.48. The van der Waals surface area contributed by atoms with Crippen LogP contribution in [-0.4, -0.2) is 15.0 Å². The lowest BCUT2D eigenvalue weighted by Gasteiger charge is -2.02. The molecule has 0 aliphatic rings. The van der Waals surface area contributed by atoms with E-state index in [1.807, 2.05) is 48.5 Å². The minimum Gasteiger partial charge on any atom is -0.332 e. The molecule has 26 heavy (non-hydrogen) atoms. The number of hydrogen-bond donors (Lipinski definition) is 1. The second-order valence-corrected chi connectivity index (χ2v) is 6.55. The molecule has 2 heterocycles. The van der Waals surface area contributed by atoms with Crippen molar-refractivity contribution in [2.75, 3.05) is 0 Å². The van der Waals surface area contributed by atoms with Crippen LogP contribution >= 0.6 is 11.8 Å². The summed E-state index contributed by atoms with van der Waals surface area (Å²) in [5.74, 6) is 0. The molecule has 0 saturated heterocycles. The van der Waals surface area contributed by atoms with E-state index in [1.165, 1.54) is 11.8 Å². The molecule has 2 aromatic carbocycles. The molecule has 2 aromatic heterocycles. The van der Waals surface area contributed by atoms with Crippen LogP contribution in [0.15, 0.2) is 89.2 Å². The summed E-state index contributed by atoms with van der Waals surface area (Å²) in [7, 11) is 0. The van der Waals surface area contributed by atoms with E-state index in [9.17, 15) is 5.26 Å². The van der Waals surface area contributed by atoms with Gasteiger partial charge >= 0.3 is 0 Å². The van der Waals surface area contributed by atoms with E-state index < -0.39 is 0 Å². The molecular formula is C21H14N4S. The van der Waals surface area contributed by atoms with Crippen molar-refractivity contribution in [3.05, 3.63) is 84.6 Å². The first-order valence-corrected chi connectivity index (χ1v) is 8.90. The maximum absolute atomic E-state index is 9.28. The number of imidazole rings is 1. The third kappa shape index (κ3) is 3.23. The second-order valence-electron chi connectivity index (χ2n) is 5.57. The Morgan fingerprint density at radius 2 is 1.54 bits per heavy atom. The van der Waals surface area contributed by atoms with Crippen molar-refractivity contribution in [3.63, 3.8) is 0 Å². The molecular weight excluding hydrogens is 340 g/mol. The lowest BCUT2D eigenvalue weighted by atomic mass is 10.1. The van der Waals surface area contributed by atoms with Gasteiger partial charge in [0.1, 0.15) is 11.1 Å². The zero-order valence-corrected chi connectivity index (χ0v) is 14.6. The number of aromatic amines is 1. The summed E-state index contributed by atoms with van der Waals surface area (Å²) in [6.45, 7) is 0. The Labute approximate surface area is 155 Å². The summed E-state index contributed by atoms with van der Waals surface area (Å²) in [6.07, 6.45) is 1.68. The average Bonchev–Trinajstić information content (AvgIpc) is 3.13. The third-order valence-corrected chi connectivity index (χ3v) is 4.78. The molecule has 0 aliphatic heterocycles. The van der Waals surface area contributed by atoms with Crippen LogP contribution in [0.2, 0.25) is 0 Å². The topological polar surface area (TPSA) is 65.4 Å². The van der Waals surface area contributed by atoms with Crippen molar-refractivity contribution in [2.45, 2.75) is 10.2 Å². The van der Waals surface area contributed by atoms with Crippen LogP contribution < -0.4 is 0 Å². The summed E-state index contributed by atoms with van der Waals surface area (Å²) >= 11 is 1.36. The second kappa shape index (κ2) is 7.26. The van der Waals surface area contributed by atoms with Gasteiger partial charge in [-0.25, -0.2) is 9.97 Å². The van der Waals surface area contributed by atoms with Gasteiger partial charge in [0.2, 0.25) is 0 Å². The van der Waals surface area contributed by atoms with Gasteiger partial charge in [0, 0.05) is 17.3 Å². The predicted octanol–water partition coefficient (Wildman–Crippen LogP) is 5.16. The van der Waals surface area contributed by atoms with Crippen molar-refractivity contribution in [1.29, 1.82) is 5.26 Å². The van der Waals surface area contributed by atoms with E-state index in [-0.39, 0.29) is 0 Å². The summed E-state index contributed by atoms with van der Waals surface area (Å²) in [5.41, 5.74) is 4.47. The van der Waals surface area contributed by atoms with Crippen LogP contribution in [0.4, 0.5) is 0 Å². The number of nitrogens with zero attached hydrogens (tertiary/aromatic N) is 3. The van der Waals surface area contributed by atoms with Gasteiger partial charge < -0.3 is 4.98 Å². The van der Waals surface area contributed by atoms with Crippen LogP contribution in [0.1, 0.15) is 5.56 Å². The maximum atomic E-state index is 9.28. The highest BCUT2D eigenvalue weighted by Crippen LogP contribution is 2.35. The lowest BCUT2D eigenvalue weighted by molar-refractivity contribution is 1.04. The SMILES string of the molecule is N#Cc1cccnc1Sc1nc(-c2ccccc2)c(-c2ccccc2)[nH]1. The maximum Gasteiger partial charge on any atom is 0.172 e. The van der Waals surface area contributed by atoms with Crippen LogP contribution in [0.3, 0.4) is 0 Å². The molecule has 0 spiro atoms. The largest absolute Gasteiger partial charge is 0.332 e. The Morgan fingerprint density at radius 1 is 0.846 bits per heavy atom. The van der Waals surface area contributed by atoms with E-state index in [2.05, 4.69) is 28.2 Å². The Balaban J connectivity index is 1.80. The minimum atomic E-state index is 0.538. The minimum absolute atomic E-state index is 0.538. The van der Waals surface area contributed by atoms with Gasteiger partial charge in [-0.2, -0.15) is 5.26 Å². The van der Waals surface area contributed by atoms with E-state index in [1.54, 1.807) is 18.3 Å². The third-order valence-electron chi connectivity index (χ3n) is 3.88. The normalized spacial score (nSPS) is 10.4. The highest BCUT2D eigenvalue weighted by molar-refractivity contribution is 7.99. The van der Waals surface area contributed by atoms with Crippen molar-refractivity contribution in [1.82, 2.24) is 15.0 Å². The highest BCUT2D eigenvalue weighted by Gasteiger charge is 2.16. The molecule has 4 rings (SSSR count). The number of H-pyrrole nitrogens is 1. The first-order chi connectivity index (χ1) is 12.8. The molecule has 0 unspecified atom stereocenters. The molecule has 0 fully saturated rings. The molecule has 0 atom stereocenters. The molecule has 0 amide bonds. The van der Waals surface area contributed by atoms with E-state index >= 15 is 0 Å². The predicted molar refractivity (Wildman–Crippen MR) is 103 cm³/mol. The van der Waals surface area contributed by atoms with Crippen molar-refractivity contribution in [2.24, 2.45) is 0 Å². The number of benzene rings is 2. The molecule has 124 valence electrons. The Hall–Kier alpha value is -3.36. The highest BCUT2D eigenvalue weighted by atomic mass is 32.2. The van der Waals surface area contributed by atoms with Gasteiger partial charge in [-0.1, -0.05) is 60.7 Å². The van der Waals surface area contributed by atoms with Crippen LogP contribution in [0, 0.1) is 11.3 Å². The zero-order chi connectivity index (χ0) is 17.8. The fraction of sp³-hybridized carbons (Fsp3) is 0. The van der Waals surface area contributed by atoms with Gasteiger partial charge in [-0.3, -0.25) is 0 Å². The molecule has 4 aromatic rings. The smallest absolute Gasteiger partial charge is 0.172 e. The summed E-state index contributed by atoms with van der Waals surface area (Å²) in [5, 5.41) is 10.6. The van der Waals surface area contributed by atoms with Gasteiger partial charge in [-0.05, 0) is 23.9 Å². The monoisotopic (exact) mass is 354 g/mol. The van der Waals surface area contributed by atoms with Crippen molar-refractivity contribution < 1.29 is 0 Å². The molecule has 5 heteroatoms. The van der Waals surface area contributed by atoms with Crippen molar-refractivity contribution in [3.8, 4) is 28.6 Å². The molecule has 0 aliphatic carbocycles. The number of aromatic nitrogens is 3. The van der Waals surface area contributed by atoms with Crippen molar-refractivity contribution >= 4 is 11.8 Å². The van der Waals surface area contributed by atoms with Crippen LogP contribution in [0.25, 0.3) is 22.5 Å². The Morgan fingerprint density at radius 3 is 2.23 bits per heavy atom. The lowest BCUT2D eigenvalue weighted by Crippen LogP contribution is -1.86. The first kappa shape index (κ1) is 16.1. The summed E-state index contributed by atoms with van der Waals surface area (Å²) in [6, 6.07) is 25.9. The number of pyridine rings is 1. The standard InChI is InChI=1S/C21H14N4S/c22-14-17-12-7-13-23-20(17)26-21-24-18(15-8-3-1-4-9-15)19(25-21)16-10-5-2-6-11-16/h1-13H,(H,24,25). The number of hydrogen-bond acceptors (Lipinski definition) is 4. The van der Waals surface area contributed by atoms with Gasteiger partial charge in [0.15, 0.2) is 5.16 Å². The molecule has 0 bridgehead atoms. The number of nitriles is 1. The Bertz CT molecular complexity index is 1010. The Kier molecular flexibility index (Phi) is 4.50.